The Morgan fingerprint density at radius 2 is 1.59 bits per heavy atom. The second kappa shape index (κ2) is 9.76. The van der Waals surface area contributed by atoms with E-state index in [9.17, 15) is 10.1 Å². The van der Waals surface area contributed by atoms with E-state index in [4.69, 9.17) is 9.47 Å². The number of hydrogen-bond acceptors (Lipinski definition) is 5. The molecular formula is C21H18Br2N2O4. The Kier molecular flexibility index (Phi) is 7.11. The molecule has 3 aromatic carbocycles. The number of nitrogens with one attached hydrogen (secondary N) is 1. The van der Waals surface area contributed by atoms with E-state index in [1.165, 1.54) is 12.1 Å². The van der Waals surface area contributed by atoms with Crippen LogP contribution in [-0.2, 0) is 13.2 Å². The van der Waals surface area contributed by atoms with Gasteiger partial charge in [0.2, 0.25) is 0 Å². The van der Waals surface area contributed by atoms with Crippen LogP contribution < -0.4 is 14.8 Å². The van der Waals surface area contributed by atoms with E-state index in [0.29, 0.717) is 18.9 Å². The lowest BCUT2D eigenvalue weighted by Gasteiger charge is -2.13. The van der Waals surface area contributed by atoms with Gasteiger partial charge < -0.3 is 14.8 Å². The molecule has 8 heteroatoms. The van der Waals surface area contributed by atoms with Gasteiger partial charge in [-0.05, 0) is 91.5 Å². The SMILES string of the molecule is COc1ccc(NCc2cc(Br)c(OCc3ccc([N+](=O)[O-])cc3)c(Br)c2)cc1. The van der Waals surface area contributed by atoms with Crippen molar-refractivity contribution in [2.24, 2.45) is 0 Å². The van der Waals surface area contributed by atoms with Crippen LogP contribution in [0.25, 0.3) is 0 Å². The van der Waals surface area contributed by atoms with E-state index in [0.717, 1.165) is 31.5 Å². The van der Waals surface area contributed by atoms with Crippen LogP contribution in [0.4, 0.5) is 11.4 Å². The minimum Gasteiger partial charge on any atom is -0.497 e. The van der Waals surface area contributed by atoms with Crippen LogP contribution >= 0.6 is 31.9 Å². The first kappa shape index (κ1) is 21.1. The minimum atomic E-state index is -0.420. The van der Waals surface area contributed by atoms with Gasteiger partial charge in [-0.1, -0.05) is 0 Å². The fourth-order valence-electron chi connectivity index (χ4n) is 2.63. The molecule has 0 atom stereocenters. The number of anilines is 1. The summed E-state index contributed by atoms with van der Waals surface area (Å²) in [4.78, 5) is 10.3. The molecular weight excluding hydrogens is 504 g/mol. The highest BCUT2D eigenvalue weighted by molar-refractivity contribution is 9.11. The van der Waals surface area contributed by atoms with Gasteiger partial charge in [0.15, 0.2) is 0 Å². The van der Waals surface area contributed by atoms with E-state index in [1.807, 2.05) is 36.4 Å². The molecule has 0 fully saturated rings. The molecule has 6 nitrogen and oxygen atoms in total. The number of nitro groups is 1. The Bertz CT molecular complexity index is 970. The highest BCUT2D eigenvalue weighted by Crippen LogP contribution is 2.35. The van der Waals surface area contributed by atoms with E-state index >= 15 is 0 Å². The molecule has 0 saturated heterocycles. The number of non-ortho nitro benzene ring substituents is 1. The van der Waals surface area contributed by atoms with Crippen molar-refractivity contribution in [3.05, 3.63) is 90.9 Å². The molecule has 0 heterocycles. The summed E-state index contributed by atoms with van der Waals surface area (Å²) in [5, 5.41) is 14.1. The molecule has 150 valence electrons. The van der Waals surface area contributed by atoms with Crippen molar-refractivity contribution in [1.82, 2.24) is 0 Å². The molecule has 3 aromatic rings. The van der Waals surface area contributed by atoms with Crippen LogP contribution in [0, 0.1) is 10.1 Å². The quantitative estimate of drug-likeness (QED) is 0.277. The molecule has 3 rings (SSSR count). The second-order valence-corrected chi connectivity index (χ2v) is 7.89. The largest absolute Gasteiger partial charge is 0.497 e. The maximum atomic E-state index is 10.7. The van der Waals surface area contributed by atoms with Gasteiger partial charge in [-0.25, -0.2) is 0 Å². The topological polar surface area (TPSA) is 73.6 Å². The molecule has 0 saturated carbocycles. The van der Waals surface area contributed by atoms with E-state index in [1.54, 1.807) is 19.2 Å². The van der Waals surface area contributed by atoms with Crippen molar-refractivity contribution in [3.63, 3.8) is 0 Å². The predicted octanol–water partition coefficient (Wildman–Crippen LogP) is 6.32. The fraction of sp³-hybridized carbons (Fsp3) is 0.143. The highest BCUT2D eigenvalue weighted by Gasteiger charge is 2.11. The average Bonchev–Trinajstić information content (AvgIpc) is 2.72. The first-order chi connectivity index (χ1) is 14.0. The zero-order valence-corrected chi connectivity index (χ0v) is 18.7. The zero-order chi connectivity index (χ0) is 20.8. The summed E-state index contributed by atoms with van der Waals surface area (Å²) in [6, 6.07) is 18.0. The van der Waals surface area contributed by atoms with Crippen LogP contribution in [0.5, 0.6) is 11.5 Å². The maximum Gasteiger partial charge on any atom is 0.269 e. The van der Waals surface area contributed by atoms with Crippen LogP contribution in [0.3, 0.4) is 0 Å². The lowest BCUT2D eigenvalue weighted by atomic mass is 10.2. The lowest BCUT2D eigenvalue weighted by molar-refractivity contribution is -0.384. The van der Waals surface area contributed by atoms with Gasteiger partial charge in [-0.3, -0.25) is 10.1 Å². The van der Waals surface area contributed by atoms with Crippen LogP contribution in [0.2, 0.25) is 0 Å². The number of nitrogens with zero attached hydrogens (tertiary/aromatic N) is 1. The number of hydrogen-bond donors (Lipinski definition) is 1. The molecule has 0 aromatic heterocycles. The summed E-state index contributed by atoms with van der Waals surface area (Å²) in [5.41, 5.74) is 2.98. The van der Waals surface area contributed by atoms with Gasteiger partial charge in [0, 0.05) is 24.4 Å². The molecule has 0 bridgehead atoms. The van der Waals surface area contributed by atoms with Crippen molar-refractivity contribution in [1.29, 1.82) is 0 Å². The summed E-state index contributed by atoms with van der Waals surface area (Å²) < 4.78 is 12.7. The van der Waals surface area contributed by atoms with Crippen molar-refractivity contribution in [2.45, 2.75) is 13.2 Å². The Hall–Kier alpha value is -2.58. The number of nitro benzene ring substituents is 1. The third-order valence-corrected chi connectivity index (χ3v) is 5.35. The summed E-state index contributed by atoms with van der Waals surface area (Å²) in [7, 11) is 1.64. The summed E-state index contributed by atoms with van der Waals surface area (Å²) in [5.74, 6) is 1.49. The fourth-order valence-corrected chi connectivity index (χ4v) is 4.14. The third-order valence-electron chi connectivity index (χ3n) is 4.18. The van der Waals surface area contributed by atoms with Crippen molar-refractivity contribution in [2.75, 3.05) is 12.4 Å². The molecule has 0 unspecified atom stereocenters. The molecule has 1 N–H and O–H groups in total. The first-order valence-corrected chi connectivity index (χ1v) is 10.3. The number of rotatable bonds is 8. The van der Waals surface area contributed by atoms with Crippen molar-refractivity contribution < 1.29 is 14.4 Å². The van der Waals surface area contributed by atoms with Gasteiger partial charge in [-0.15, -0.1) is 0 Å². The smallest absolute Gasteiger partial charge is 0.269 e. The van der Waals surface area contributed by atoms with Gasteiger partial charge in [-0.2, -0.15) is 0 Å². The van der Waals surface area contributed by atoms with E-state index in [-0.39, 0.29) is 5.69 Å². The number of halogens is 2. The third kappa shape index (κ3) is 5.71. The summed E-state index contributed by atoms with van der Waals surface area (Å²) in [6.45, 7) is 0.949. The number of benzene rings is 3. The average molecular weight is 522 g/mol. The van der Waals surface area contributed by atoms with Crippen LogP contribution in [0.1, 0.15) is 11.1 Å². The molecule has 0 spiro atoms. The highest BCUT2D eigenvalue weighted by atomic mass is 79.9. The van der Waals surface area contributed by atoms with Gasteiger partial charge >= 0.3 is 0 Å². The normalized spacial score (nSPS) is 10.4. The predicted molar refractivity (Wildman–Crippen MR) is 120 cm³/mol. The molecule has 0 amide bonds. The Labute approximate surface area is 185 Å². The monoisotopic (exact) mass is 520 g/mol. The molecule has 29 heavy (non-hydrogen) atoms. The van der Waals surface area contributed by atoms with Crippen LogP contribution in [0.15, 0.2) is 69.6 Å². The second-order valence-electron chi connectivity index (χ2n) is 6.18. The number of ether oxygens (including phenoxy) is 2. The minimum absolute atomic E-state index is 0.0600. The molecule has 0 aliphatic carbocycles. The molecule has 0 radical (unpaired) electrons. The van der Waals surface area contributed by atoms with Gasteiger partial charge in [0.25, 0.3) is 5.69 Å². The lowest BCUT2D eigenvalue weighted by Crippen LogP contribution is -2.01. The first-order valence-electron chi connectivity index (χ1n) is 8.68. The summed E-state index contributed by atoms with van der Waals surface area (Å²) >= 11 is 7.12. The van der Waals surface area contributed by atoms with Crippen molar-refractivity contribution in [3.8, 4) is 11.5 Å². The Morgan fingerprint density at radius 1 is 0.966 bits per heavy atom. The zero-order valence-electron chi connectivity index (χ0n) is 15.5. The van der Waals surface area contributed by atoms with Gasteiger partial charge in [0.05, 0.1) is 21.0 Å². The van der Waals surface area contributed by atoms with E-state index in [2.05, 4.69) is 37.2 Å². The summed E-state index contributed by atoms with van der Waals surface area (Å²) in [6.07, 6.45) is 0. The molecule has 0 aliphatic heterocycles. The van der Waals surface area contributed by atoms with Crippen molar-refractivity contribution >= 4 is 43.2 Å². The van der Waals surface area contributed by atoms with E-state index < -0.39 is 4.92 Å². The molecule has 0 aliphatic rings. The Morgan fingerprint density at radius 3 is 2.14 bits per heavy atom. The maximum absolute atomic E-state index is 10.7. The standard InChI is InChI=1S/C21H18Br2N2O4/c1-28-18-8-4-16(5-9-18)24-12-15-10-19(22)21(20(23)11-15)29-13-14-2-6-17(7-3-14)25(26)27/h2-11,24H,12-13H2,1H3. The Balaban J connectivity index is 1.62. The van der Waals surface area contributed by atoms with Crippen LogP contribution in [-0.4, -0.2) is 12.0 Å². The van der Waals surface area contributed by atoms with Gasteiger partial charge in [0.1, 0.15) is 18.1 Å². The number of methoxy groups -OCH3 is 1.